The van der Waals surface area contributed by atoms with Crippen LogP contribution in [0.3, 0.4) is 0 Å². The molecule has 1 aliphatic rings. The standard InChI is InChI=1S/C19H14F2N2O2S2/c20-11-5-6-15(14(21)9-11)23-18(24)17-13(10-27-19-22-7-8-26-19)12-3-1-2-4-16(12)25-17/h1-6,9H,7-8,10H2,(H,23,24). The van der Waals surface area contributed by atoms with Gasteiger partial charge in [-0.25, -0.2) is 8.78 Å². The zero-order chi connectivity index (χ0) is 18.8. The van der Waals surface area contributed by atoms with Gasteiger partial charge in [-0.1, -0.05) is 41.7 Å². The monoisotopic (exact) mass is 404 g/mol. The van der Waals surface area contributed by atoms with Crippen molar-refractivity contribution in [2.45, 2.75) is 5.75 Å². The number of anilines is 1. The third kappa shape index (κ3) is 3.86. The van der Waals surface area contributed by atoms with Gasteiger partial charge >= 0.3 is 0 Å². The number of hydrogen-bond acceptors (Lipinski definition) is 5. The minimum absolute atomic E-state index is 0.101. The number of carbonyl (C=O) groups excluding carboxylic acids is 1. The van der Waals surface area contributed by atoms with Crippen molar-refractivity contribution in [2.24, 2.45) is 4.99 Å². The molecule has 1 aromatic heterocycles. The molecule has 0 fully saturated rings. The number of hydrogen-bond donors (Lipinski definition) is 1. The number of para-hydroxylation sites is 1. The number of amides is 1. The van der Waals surface area contributed by atoms with E-state index in [4.69, 9.17) is 4.42 Å². The SMILES string of the molecule is O=C(Nc1ccc(F)cc1F)c1oc2ccccc2c1CSC1=NCCS1. The van der Waals surface area contributed by atoms with Gasteiger partial charge in [0.05, 0.1) is 12.2 Å². The quantitative estimate of drug-likeness (QED) is 0.641. The minimum Gasteiger partial charge on any atom is -0.451 e. The molecule has 8 heteroatoms. The van der Waals surface area contributed by atoms with Crippen LogP contribution in [0.1, 0.15) is 16.1 Å². The number of carbonyl (C=O) groups is 1. The smallest absolute Gasteiger partial charge is 0.291 e. The van der Waals surface area contributed by atoms with Gasteiger partial charge < -0.3 is 9.73 Å². The minimum atomic E-state index is -0.841. The van der Waals surface area contributed by atoms with Crippen molar-refractivity contribution < 1.29 is 18.0 Å². The first-order valence-electron chi connectivity index (χ1n) is 8.18. The lowest BCUT2D eigenvalue weighted by molar-refractivity contribution is 0.0997. The van der Waals surface area contributed by atoms with Gasteiger partial charge in [0.15, 0.2) is 5.76 Å². The maximum atomic E-state index is 13.9. The Morgan fingerprint density at radius 2 is 2.11 bits per heavy atom. The Balaban J connectivity index is 1.65. The van der Waals surface area contributed by atoms with Crippen LogP contribution in [0, 0.1) is 11.6 Å². The van der Waals surface area contributed by atoms with E-state index in [-0.39, 0.29) is 11.4 Å². The lowest BCUT2D eigenvalue weighted by Crippen LogP contribution is -2.14. The van der Waals surface area contributed by atoms with E-state index in [9.17, 15) is 13.6 Å². The fourth-order valence-electron chi connectivity index (χ4n) is 2.73. The molecule has 0 radical (unpaired) electrons. The molecule has 2 aromatic carbocycles. The van der Waals surface area contributed by atoms with Crippen LogP contribution in [0.2, 0.25) is 0 Å². The molecule has 138 valence electrons. The third-order valence-corrected chi connectivity index (χ3v) is 6.26. The van der Waals surface area contributed by atoms with E-state index in [1.54, 1.807) is 29.6 Å². The van der Waals surface area contributed by atoms with Crippen LogP contribution in [0.4, 0.5) is 14.5 Å². The molecule has 4 rings (SSSR count). The summed E-state index contributed by atoms with van der Waals surface area (Å²) in [6, 6.07) is 10.3. The Morgan fingerprint density at radius 3 is 2.89 bits per heavy atom. The third-order valence-electron chi connectivity index (χ3n) is 3.98. The Bertz CT molecular complexity index is 1050. The van der Waals surface area contributed by atoms with Gasteiger partial charge in [-0.2, -0.15) is 0 Å². The molecule has 1 N–H and O–H groups in total. The number of rotatable bonds is 4. The fourth-order valence-corrected chi connectivity index (χ4v) is 4.77. The van der Waals surface area contributed by atoms with Gasteiger partial charge in [-0.15, -0.1) is 0 Å². The lowest BCUT2D eigenvalue weighted by Gasteiger charge is -2.07. The second kappa shape index (κ2) is 7.74. The molecule has 0 bridgehead atoms. The first-order valence-corrected chi connectivity index (χ1v) is 10.2. The lowest BCUT2D eigenvalue weighted by atomic mass is 10.1. The molecule has 0 saturated carbocycles. The normalized spacial score (nSPS) is 13.8. The van der Waals surface area contributed by atoms with E-state index in [1.165, 1.54) is 6.07 Å². The van der Waals surface area contributed by atoms with Gasteiger partial charge in [0.2, 0.25) is 0 Å². The first kappa shape index (κ1) is 18.1. The fraction of sp³-hybridized carbons (Fsp3) is 0.158. The second-order valence-corrected chi connectivity index (χ2v) is 8.08. The summed E-state index contributed by atoms with van der Waals surface area (Å²) in [6.45, 7) is 0.802. The molecule has 1 amide bonds. The van der Waals surface area contributed by atoms with Crippen molar-refractivity contribution in [1.82, 2.24) is 0 Å². The molecule has 0 spiro atoms. The highest BCUT2D eigenvalue weighted by Crippen LogP contribution is 2.33. The highest BCUT2D eigenvalue weighted by molar-refractivity contribution is 8.38. The van der Waals surface area contributed by atoms with Crippen LogP contribution in [0.5, 0.6) is 0 Å². The Kier molecular flexibility index (Phi) is 5.18. The molecule has 0 atom stereocenters. The van der Waals surface area contributed by atoms with E-state index in [0.29, 0.717) is 11.3 Å². The predicted molar refractivity (Wildman–Crippen MR) is 107 cm³/mol. The summed E-state index contributed by atoms with van der Waals surface area (Å²) in [5.74, 6) is -0.527. The van der Waals surface area contributed by atoms with Crippen molar-refractivity contribution in [3.8, 4) is 0 Å². The number of halogens is 2. The molecule has 2 heterocycles. The zero-order valence-corrected chi connectivity index (χ0v) is 15.6. The molecule has 1 aliphatic heterocycles. The van der Waals surface area contributed by atoms with Gasteiger partial charge in [0.25, 0.3) is 5.91 Å². The second-order valence-electron chi connectivity index (χ2n) is 5.77. The average Bonchev–Trinajstić information content (AvgIpc) is 3.29. The summed E-state index contributed by atoms with van der Waals surface area (Å²) < 4.78 is 33.7. The van der Waals surface area contributed by atoms with Gasteiger partial charge in [-0.3, -0.25) is 9.79 Å². The molecule has 4 nitrogen and oxygen atoms in total. The van der Waals surface area contributed by atoms with Crippen molar-refractivity contribution in [3.05, 3.63) is 65.4 Å². The molecule has 0 unspecified atom stereocenters. The van der Waals surface area contributed by atoms with Crippen LogP contribution < -0.4 is 5.32 Å². The highest BCUT2D eigenvalue weighted by atomic mass is 32.2. The molecule has 0 saturated heterocycles. The average molecular weight is 404 g/mol. The highest BCUT2D eigenvalue weighted by Gasteiger charge is 2.22. The number of thioether (sulfide) groups is 2. The van der Waals surface area contributed by atoms with Crippen LogP contribution in [0.25, 0.3) is 11.0 Å². The van der Waals surface area contributed by atoms with Gasteiger partial charge in [0.1, 0.15) is 21.6 Å². The summed E-state index contributed by atoms with van der Waals surface area (Å²) in [7, 11) is 0. The Hall–Kier alpha value is -2.32. The number of nitrogens with one attached hydrogen (secondary N) is 1. The largest absolute Gasteiger partial charge is 0.451 e. The summed E-state index contributed by atoms with van der Waals surface area (Å²) in [5, 5.41) is 3.30. The summed E-state index contributed by atoms with van der Waals surface area (Å²) in [6.07, 6.45) is 0. The van der Waals surface area contributed by atoms with Crippen molar-refractivity contribution in [2.75, 3.05) is 17.6 Å². The van der Waals surface area contributed by atoms with Crippen molar-refractivity contribution in [3.63, 3.8) is 0 Å². The molecular weight excluding hydrogens is 390 g/mol. The van der Waals surface area contributed by atoms with E-state index in [1.807, 2.05) is 18.2 Å². The van der Waals surface area contributed by atoms with E-state index in [2.05, 4.69) is 10.3 Å². The van der Waals surface area contributed by atoms with Crippen molar-refractivity contribution in [1.29, 1.82) is 0 Å². The number of furan rings is 1. The van der Waals surface area contributed by atoms with Crippen LogP contribution in [-0.2, 0) is 5.75 Å². The maximum absolute atomic E-state index is 13.9. The summed E-state index contributed by atoms with van der Waals surface area (Å²) in [5.41, 5.74) is 1.21. The van der Waals surface area contributed by atoms with E-state index < -0.39 is 17.5 Å². The molecule has 27 heavy (non-hydrogen) atoms. The number of aliphatic imine (C=N–C) groups is 1. The Morgan fingerprint density at radius 1 is 1.26 bits per heavy atom. The van der Waals surface area contributed by atoms with E-state index >= 15 is 0 Å². The number of benzene rings is 2. The topological polar surface area (TPSA) is 54.6 Å². The first-order chi connectivity index (χ1) is 13.1. The van der Waals surface area contributed by atoms with E-state index in [0.717, 1.165) is 39.8 Å². The number of nitrogens with zero attached hydrogens (tertiary/aromatic N) is 1. The summed E-state index contributed by atoms with van der Waals surface area (Å²) in [4.78, 5) is 17.1. The predicted octanol–water partition coefficient (Wildman–Crippen LogP) is 5.30. The van der Waals surface area contributed by atoms with Crippen LogP contribution in [-0.4, -0.2) is 22.6 Å². The van der Waals surface area contributed by atoms with Crippen molar-refractivity contribution >= 4 is 50.5 Å². The molecular formula is C19H14F2N2O2S2. The summed E-state index contributed by atoms with van der Waals surface area (Å²) >= 11 is 3.24. The molecule has 3 aromatic rings. The van der Waals surface area contributed by atoms with Crippen LogP contribution in [0.15, 0.2) is 51.9 Å². The molecule has 0 aliphatic carbocycles. The van der Waals surface area contributed by atoms with Crippen LogP contribution >= 0.6 is 23.5 Å². The number of fused-ring (bicyclic) bond motifs is 1. The van der Waals surface area contributed by atoms with Gasteiger partial charge in [-0.05, 0) is 18.2 Å². The maximum Gasteiger partial charge on any atom is 0.291 e. The Labute approximate surface area is 162 Å². The zero-order valence-electron chi connectivity index (χ0n) is 14.0. The van der Waals surface area contributed by atoms with Gasteiger partial charge in [0, 0.05) is 28.5 Å².